The Morgan fingerprint density at radius 2 is 1.74 bits per heavy atom. The molecule has 0 fully saturated rings. The van der Waals surface area contributed by atoms with Gasteiger partial charge in [-0.2, -0.15) is 10.2 Å². The summed E-state index contributed by atoms with van der Waals surface area (Å²) in [5.41, 5.74) is 6.20. The first-order valence-corrected chi connectivity index (χ1v) is 12.9. The van der Waals surface area contributed by atoms with Crippen LogP contribution in [0.1, 0.15) is 37.3 Å². The molecule has 39 heavy (non-hydrogen) atoms. The molecule has 3 aliphatic rings. The van der Waals surface area contributed by atoms with Crippen LogP contribution in [0.25, 0.3) is 0 Å². The van der Waals surface area contributed by atoms with Crippen LogP contribution in [-0.2, 0) is 14.4 Å². The van der Waals surface area contributed by atoms with Crippen LogP contribution in [0.2, 0.25) is 0 Å². The van der Waals surface area contributed by atoms with E-state index in [1.807, 2.05) is 49.4 Å². The average Bonchev–Trinajstić information content (AvgIpc) is 2.94. The second-order valence-electron chi connectivity index (χ2n) is 9.87. The Morgan fingerprint density at radius 1 is 1.00 bits per heavy atom. The Balaban J connectivity index is 1.37. The highest BCUT2D eigenvalue weighted by molar-refractivity contribution is 6.09. The third-order valence-electron chi connectivity index (χ3n) is 7.26. The quantitative estimate of drug-likeness (QED) is 0.533. The topological polar surface area (TPSA) is 122 Å². The number of nitrogens with one attached hydrogen (secondary N) is 2. The second-order valence-corrected chi connectivity index (χ2v) is 9.87. The molecule has 0 saturated carbocycles. The van der Waals surface area contributed by atoms with Crippen molar-refractivity contribution in [3.63, 3.8) is 0 Å². The number of nitrogens with zero attached hydrogens (tertiary/aromatic N) is 3. The molecule has 3 unspecified atom stereocenters. The summed E-state index contributed by atoms with van der Waals surface area (Å²) >= 11 is 0. The number of methoxy groups -OCH3 is 2. The standard InChI is InChI=1S/C29H31N5O5/c1-17-13-25(35)31-32-27(17)18-7-6-8-20(14-18)30-26(36)16-34-29(37)22-10-5-4-9-21(22)28(33-34)19-11-12-23(38-2)24(15-19)39-3/h4-8,11-12,14-15,17,21-22H,9-10,13,16H2,1-3H3,(H,30,36)(H,31,35). The lowest BCUT2D eigenvalue weighted by Gasteiger charge is -2.36. The van der Waals surface area contributed by atoms with Gasteiger partial charge in [0, 0.05) is 35.1 Å². The highest BCUT2D eigenvalue weighted by Crippen LogP contribution is 2.37. The molecule has 2 N–H and O–H groups in total. The van der Waals surface area contributed by atoms with E-state index in [0.29, 0.717) is 36.4 Å². The monoisotopic (exact) mass is 529 g/mol. The Hall–Kier alpha value is -4.47. The zero-order valence-corrected chi connectivity index (χ0v) is 22.1. The number of anilines is 1. The van der Waals surface area contributed by atoms with Gasteiger partial charge in [-0.25, -0.2) is 10.4 Å². The molecule has 0 aromatic heterocycles. The smallest absolute Gasteiger partial charge is 0.247 e. The van der Waals surface area contributed by atoms with E-state index in [4.69, 9.17) is 9.47 Å². The van der Waals surface area contributed by atoms with Crippen molar-refractivity contribution in [3.8, 4) is 11.5 Å². The summed E-state index contributed by atoms with van der Waals surface area (Å²) in [7, 11) is 3.15. The molecule has 2 aromatic rings. The maximum atomic E-state index is 13.4. The summed E-state index contributed by atoms with van der Waals surface area (Å²) in [5, 5.41) is 13.0. The fourth-order valence-electron chi connectivity index (χ4n) is 5.31. The van der Waals surface area contributed by atoms with Crippen LogP contribution >= 0.6 is 0 Å². The first kappa shape index (κ1) is 26.1. The number of rotatable bonds is 7. The van der Waals surface area contributed by atoms with E-state index in [-0.39, 0.29) is 42.0 Å². The zero-order valence-electron chi connectivity index (χ0n) is 22.1. The molecule has 2 aliphatic heterocycles. The van der Waals surface area contributed by atoms with Gasteiger partial charge in [0.15, 0.2) is 11.5 Å². The molecule has 0 saturated heterocycles. The van der Waals surface area contributed by atoms with Crippen LogP contribution in [0.15, 0.2) is 64.8 Å². The van der Waals surface area contributed by atoms with Crippen LogP contribution in [0, 0.1) is 17.8 Å². The third kappa shape index (κ3) is 5.41. The van der Waals surface area contributed by atoms with Crippen molar-refractivity contribution in [2.24, 2.45) is 28.0 Å². The van der Waals surface area contributed by atoms with Crippen molar-refractivity contribution in [2.75, 3.05) is 26.1 Å². The van der Waals surface area contributed by atoms with Crippen LogP contribution in [0.5, 0.6) is 11.5 Å². The minimum absolute atomic E-state index is 0.0440. The first-order valence-electron chi connectivity index (χ1n) is 12.9. The Labute approximate surface area is 226 Å². The van der Waals surface area contributed by atoms with Crippen molar-refractivity contribution < 1.29 is 23.9 Å². The minimum Gasteiger partial charge on any atom is -0.493 e. The van der Waals surface area contributed by atoms with Crippen molar-refractivity contribution in [1.82, 2.24) is 10.4 Å². The number of amides is 3. The average molecular weight is 530 g/mol. The summed E-state index contributed by atoms with van der Waals surface area (Å²) in [4.78, 5) is 38.1. The summed E-state index contributed by atoms with van der Waals surface area (Å²) < 4.78 is 10.9. The molecule has 0 bridgehead atoms. The van der Waals surface area contributed by atoms with Gasteiger partial charge in [-0.15, -0.1) is 0 Å². The molecule has 0 radical (unpaired) electrons. The summed E-state index contributed by atoms with van der Waals surface area (Å²) in [6, 6.07) is 12.8. The highest BCUT2D eigenvalue weighted by Gasteiger charge is 2.40. The lowest BCUT2D eigenvalue weighted by Crippen LogP contribution is -2.47. The predicted molar refractivity (Wildman–Crippen MR) is 147 cm³/mol. The van der Waals surface area contributed by atoms with Gasteiger partial charge >= 0.3 is 0 Å². The molecule has 3 amide bonds. The normalized spacial score (nSPS) is 22.3. The number of benzene rings is 2. The van der Waals surface area contributed by atoms with Gasteiger partial charge in [-0.05, 0) is 43.2 Å². The van der Waals surface area contributed by atoms with E-state index in [2.05, 4.69) is 27.0 Å². The van der Waals surface area contributed by atoms with E-state index in [0.717, 1.165) is 22.6 Å². The van der Waals surface area contributed by atoms with Gasteiger partial charge in [0.1, 0.15) is 6.54 Å². The number of allylic oxidation sites excluding steroid dienone is 2. The molecule has 10 nitrogen and oxygen atoms in total. The van der Waals surface area contributed by atoms with Gasteiger partial charge in [-0.3, -0.25) is 14.4 Å². The van der Waals surface area contributed by atoms with E-state index >= 15 is 0 Å². The second kappa shape index (κ2) is 11.1. The number of hydrogen-bond donors (Lipinski definition) is 2. The maximum Gasteiger partial charge on any atom is 0.247 e. The molecule has 2 aromatic carbocycles. The molecule has 202 valence electrons. The van der Waals surface area contributed by atoms with Crippen LogP contribution in [0.3, 0.4) is 0 Å². The van der Waals surface area contributed by atoms with E-state index < -0.39 is 0 Å². The maximum absolute atomic E-state index is 13.4. The lowest BCUT2D eigenvalue weighted by molar-refractivity contribution is -0.140. The van der Waals surface area contributed by atoms with E-state index in [9.17, 15) is 14.4 Å². The molecule has 5 rings (SSSR count). The summed E-state index contributed by atoms with van der Waals surface area (Å²) in [6.07, 6.45) is 5.72. The molecular formula is C29H31N5O5. The van der Waals surface area contributed by atoms with Crippen molar-refractivity contribution in [1.29, 1.82) is 0 Å². The van der Waals surface area contributed by atoms with Gasteiger partial charge in [0.05, 0.1) is 31.6 Å². The molecule has 0 spiro atoms. The number of carbonyl (C=O) groups is 3. The number of hydrazone groups is 2. The fourth-order valence-corrected chi connectivity index (χ4v) is 5.31. The summed E-state index contributed by atoms with van der Waals surface area (Å²) in [6.45, 7) is 1.71. The van der Waals surface area contributed by atoms with Gasteiger partial charge in [0.25, 0.3) is 0 Å². The number of carbonyl (C=O) groups excluding carboxylic acids is 3. The third-order valence-corrected chi connectivity index (χ3v) is 7.26. The highest BCUT2D eigenvalue weighted by atomic mass is 16.5. The molecule has 10 heteroatoms. The first-order chi connectivity index (χ1) is 18.9. The number of hydrogen-bond acceptors (Lipinski definition) is 7. The van der Waals surface area contributed by atoms with Crippen molar-refractivity contribution in [3.05, 3.63) is 65.7 Å². The number of fused-ring (bicyclic) bond motifs is 1. The van der Waals surface area contributed by atoms with E-state index in [1.165, 1.54) is 5.01 Å². The van der Waals surface area contributed by atoms with E-state index in [1.54, 1.807) is 20.3 Å². The molecule has 1 aliphatic carbocycles. The van der Waals surface area contributed by atoms with Gasteiger partial charge < -0.3 is 14.8 Å². The Bertz CT molecular complexity index is 1400. The minimum atomic E-state index is -0.368. The molecule has 2 heterocycles. The fraction of sp³-hybridized carbons (Fsp3) is 0.345. The molecular weight excluding hydrogens is 498 g/mol. The van der Waals surface area contributed by atoms with Crippen LogP contribution in [-0.4, -0.2) is 54.9 Å². The van der Waals surface area contributed by atoms with Gasteiger partial charge in [-0.1, -0.05) is 31.2 Å². The Morgan fingerprint density at radius 3 is 2.49 bits per heavy atom. The lowest BCUT2D eigenvalue weighted by atomic mass is 9.76. The van der Waals surface area contributed by atoms with Crippen molar-refractivity contribution >= 4 is 34.8 Å². The summed E-state index contributed by atoms with van der Waals surface area (Å²) in [5.74, 6) is 0.0822. The van der Waals surface area contributed by atoms with Crippen molar-refractivity contribution in [2.45, 2.75) is 26.2 Å². The number of ether oxygens (including phenoxy) is 2. The van der Waals surface area contributed by atoms with Crippen LogP contribution < -0.4 is 20.2 Å². The zero-order chi connectivity index (χ0) is 27.5. The largest absolute Gasteiger partial charge is 0.493 e. The Kier molecular flexibility index (Phi) is 7.44. The van der Waals surface area contributed by atoms with Gasteiger partial charge in [0.2, 0.25) is 17.7 Å². The SMILES string of the molecule is COc1ccc(C2=NN(CC(=O)Nc3cccc(C4=NNC(=O)CC4C)c3)C(=O)C3CC=CCC23)cc1OC. The predicted octanol–water partition coefficient (Wildman–Crippen LogP) is 3.33. The van der Waals surface area contributed by atoms with Crippen LogP contribution in [0.4, 0.5) is 5.69 Å². The molecule has 3 atom stereocenters.